The van der Waals surface area contributed by atoms with Crippen molar-refractivity contribution in [2.75, 3.05) is 13.1 Å². The zero-order valence-electron chi connectivity index (χ0n) is 10.9. The number of rotatable bonds is 5. The molecule has 1 aromatic carbocycles. The van der Waals surface area contributed by atoms with E-state index in [0.29, 0.717) is 13.1 Å². The van der Waals surface area contributed by atoms with Gasteiger partial charge in [-0.2, -0.15) is 0 Å². The number of carbonyl (C=O) groups is 1. The van der Waals surface area contributed by atoms with Gasteiger partial charge < -0.3 is 4.90 Å². The first-order chi connectivity index (χ1) is 8.77. The molecule has 0 aliphatic rings. The summed E-state index contributed by atoms with van der Waals surface area (Å²) in [6, 6.07) is 5.91. The summed E-state index contributed by atoms with van der Waals surface area (Å²) in [5, 5.41) is 0. The van der Waals surface area contributed by atoms with Crippen molar-refractivity contribution in [3.05, 3.63) is 42.0 Å². The molecular weight excluding hydrogens is 286 g/mol. The van der Waals surface area contributed by atoms with Crippen molar-refractivity contribution in [3.8, 4) is 0 Å². The van der Waals surface area contributed by atoms with Crippen molar-refractivity contribution < 1.29 is 13.2 Å². The third-order valence-corrected chi connectivity index (χ3v) is 3.89. The van der Waals surface area contributed by atoms with Crippen molar-refractivity contribution in [2.24, 2.45) is 0 Å². The van der Waals surface area contributed by atoms with Crippen molar-refractivity contribution in [3.63, 3.8) is 0 Å². The molecule has 1 amide bonds. The lowest BCUT2D eigenvalue weighted by molar-refractivity contribution is 0.0774. The Kier molecular flexibility index (Phi) is 5.14. The van der Waals surface area contributed by atoms with Gasteiger partial charge in [0.05, 0.1) is 10.5 Å². The molecule has 0 heterocycles. The van der Waals surface area contributed by atoms with Crippen LogP contribution in [-0.2, 0) is 9.05 Å². The second-order valence-corrected chi connectivity index (χ2v) is 6.74. The first kappa shape index (κ1) is 15.7. The highest BCUT2D eigenvalue weighted by molar-refractivity contribution is 8.13. The Morgan fingerprint density at radius 2 is 1.95 bits per heavy atom. The topological polar surface area (TPSA) is 54.5 Å². The largest absolute Gasteiger partial charge is 0.335 e. The molecule has 19 heavy (non-hydrogen) atoms. The van der Waals surface area contributed by atoms with Crippen LogP contribution in [0, 0.1) is 0 Å². The molecule has 0 saturated heterocycles. The predicted molar refractivity (Wildman–Crippen MR) is 75.9 cm³/mol. The lowest BCUT2D eigenvalue weighted by atomic mass is 10.2. The maximum absolute atomic E-state index is 12.3. The van der Waals surface area contributed by atoms with Gasteiger partial charge in [0.2, 0.25) is 0 Å². The summed E-state index contributed by atoms with van der Waals surface area (Å²) in [7, 11) is 1.40. The first-order valence-corrected chi connectivity index (χ1v) is 8.05. The van der Waals surface area contributed by atoms with E-state index < -0.39 is 9.05 Å². The molecule has 104 valence electrons. The van der Waals surface area contributed by atoms with Crippen LogP contribution in [0.3, 0.4) is 0 Å². The van der Waals surface area contributed by atoms with Gasteiger partial charge in [-0.25, -0.2) is 8.42 Å². The Labute approximate surface area is 118 Å². The minimum Gasteiger partial charge on any atom is -0.335 e. The Morgan fingerprint density at radius 1 is 1.37 bits per heavy atom. The molecular formula is C13H16ClNO3S. The van der Waals surface area contributed by atoms with E-state index in [1.165, 1.54) is 23.1 Å². The Balaban J connectivity index is 3.23. The average molecular weight is 302 g/mol. The average Bonchev–Trinajstić information content (AvgIpc) is 2.34. The normalized spacial score (nSPS) is 11.1. The zero-order chi connectivity index (χ0) is 14.6. The van der Waals surface area contributed by atoms with Crippen LogP contribution in [0.1, 0.15) is 24.2 Å². The molecule has 1 rings (SSSR count). The van der Waals surface area contributed by atoms with Crippen LogP contribution >= 0.6 is 10.7 Å². The van der Waals surface area contributed by atoms with E-state index in [1.807, 2.05) is 6.92 Å². The maximum Gasteiger partial charge on any atom is 0.262 e. The molecule has 0 saturated carbocycles. The van der Waals surface area contributed by atoms with Crippen LogP contribution in [0.15, 0.2) is 41.3 Å². The fourth-order valence-electron chi connectivity index (χ4n) is 1.68. The summed E-state index contributed by atoms with van der Waals surface area (Å²) in [5.41, 5.74) is 0.905. The molecule has 0 spiro atoms. The van der Waals surface area contributed by atoms with Crippen LogP contribution in [0.25, 0.3) is 0 Å². The quantitative estimate of drug-likeness (QED) is 0.620. The molecule has 0 unspecified atom stereocenters. The zero-order valence-corrected chi connectivity index (χ0v) is 12.5. The van der Waals surface area contributed by atoms with Gasteiger partial charge in [-0.05, 0) is 26.0 Å². The number of carbonyl (C=O) groups excluding carboxylic acids is 1. The molecule has 0 aliphatic heterocycles. The second-order valence-electron chi connectivity index (χ2n) is 4.21. The molecule has 0 aliphatic carbocycles. The van der Waals surface area contributed by atoms with Gasteiger partial charge in [0.25, 0.3) is 15.0 Å². The minimum absolute atomic E-state index is 0.0839. The van der Waals surface area contributed by atoms with E-state index in [9.17, 15) is 13.2 Å². The lowest BCUT2D eigenvalue weighted by Gasteiger charge is -2.21. The third kappa shape index (κ3) is 4.08. The smallest absolute Gasteiger partial charge is 0.262 e. The van der Waals surface area contributed by atoms with Crippen molar-refractivity contribution in [1.82, 2.24) is 4.90 Å². The summed E-state index contributed by atoms with van der Waals surface area (Å²) in [5.74, 6) is -0.370. The molecule has 0 bridgehead atoms. The first-order valence-electron chi connectivity index (χ1n) is 5.74. The van der Waals surface area contributed by atoms with Crippen LogP contribution < -0.4 is 0 Å². The van der Waals surface area contributed by atoms with Crippen molar-refractivity contribution in [1.29, 1.82) is 0 Å². The number of amides is 1. The number of benzene rings is 1. The van der Waals surface area contributed by atoms with Gasteiger partial charge in [0.15, 0.2) is 0 Å². The van der Waals surface area contributed by atoms with Crippen molar-refractivity contribution in [2.45, 2.75) is 18.7 Å². The van der Waals surface area contributed by atoms with E-state index in [-0.39, 0.29) is 16.4 Å². The molecule has 0 fully saturated rings. The summed E-state index contributed by atoms with van der Waals surface area (Å²) in [6.45, 7) is 8.22. The van der Waals surface area contributed by atoms with E-state index >= 15 is 0 Å². The molecule has 0 radical (unpaired) electrons. The van der Waals surface area contributed by atoms with Gasteiger partial charge in [-0.1, -0.05) is 24.3 Å². The summed E-state index contributed by atoms with van der Waals surface area (Å²) in [4.78, 5) is 13.7. The SMILES string of the molecule is C=C(C)CN(CC)C(=O)c1ccccc1S(=O)(=O)Cl. The number of halogens is 1. The lowest BCUT2D eigenvalue weighted by Crippen LogP contribution is -2.32. The van der Waals surface area contributed by atoms with Gasteiger partial charge in [0, 0.05) is 23.8 Å². The highest BCUT2D eigenvalue weighted by atomic mass is 35.7. The number of hydrogen-bond donors (Lipinski definition) is 0. The summed E-state index contributed by atoms with van der Waals surface area (Å²) in [6.07, 6.45) is 0. The van der Waals surface area contributed by atoms with E-state index in [0.717, 1.165) is 5.57 Å². The fourth-order valence-corrected chi connectivity index (χ4v) is 2.74. The van der Waals surface area contributed by atoms with Gasteiger partial charge in [0.1, 0.15) is 0 Å². The van der Waals surface area contributed by atoms with Crippen LogP contribution in [0.5, 0.6) is 0 Å². The molecule has 4 nitrogen and oxygen atoms in total. The number of likely N-dealkylation sites (N-methyl/N-ethyl adjacent to an activating group) is 1. The molecule has 0 atom stereocenters. The summed E-state index contributed by atoms with van der Waals surface area (Å²) >= 11 is 0. The minimum atomic E-state index is -3.95. The van der Waals surface area contributed by atoms with Crippen LogP contribution in [-0.4, -0.2) is 32.3 Å². The molecule has 0 N–H and O–H groups in total. The third-order valence-electron chi connectivity index (χ3n) is 2.51. The Morgan fingerprint density at radius 3 is 2.42 bits per heavy atom. The van der Waals surface area contributed by atoms with Gasteiger partial charge in [-0.15, -0.1) is 0 Å². The highest BCUT2D eigenvalue weighted by Crippen LogP contribution is 2.21. The van der Waals surface area contributed by atoms with E-state index in [4.69, 9.17) is 10.7 Å². The van der Waals surface area contributed by atoms with E-state index in [1.54, 1.807) is 13.0 Å². The Bertz CT molecular complexity index is 596. The monoisotopic (exact) mass is 301 g/mol. The highest BCUT2D eigenvalue weighted by Gasteiger charge is 2.23. The molecule has 1 aromatic rings. The second kappa shape index (κ2) is 6.21. The number of nitrogens with zero attached hydrogens (tertiary/aromatic N) is 1. The fraction of sp³-hybridized carbons (Fsp3) is 0.308. The van der Waals surface area contributed by atoms with Crippen molar-refractivity contribution >= 4 is 25.6 Å². The maximum atomic E-state index is 12.3. The standard InChI is InChI=1S/C13H16ClNO3S/c1-4-15(9-10(2)3)13(16)11-7-5-6-8-12(11)19(14,17)18/h5-8H,2,4,9H2,1,3H3. The summed E-state index contributed by atoms with van der Waals surface area (Å²) < 4.78 is 22.9. The number of hydrogen-bond acceptors (Lipinski definition) is 3. The Hall–Kier alpha value is -1.33. The molecule has 6 heteroatoms. The van der Waals surface area contributed by atoms with E-state index in [2.05, 4.69) is 6.58 Å². The van der Waals surface area contributed by atoms with Crippen LogP contribution in [0.2, 0.25) is 0 Å². The van der Waals surface area contributed by atoms with Gasteiger partial charge >= 0.3 is 0 Å². The van der Waals surface area contributed by atoms with Crippen LogP contribution in [0.4, 0.5) is 0 Å². The predicted octanol–water partition coefficient (Wildman–Crippen LogP) is 2.65. The molecule has 0 aromatic heterocycles. The van der Waals surface area contributed by atoms with Gasteiger partial charge in [-0.3, -0.25) is 4.79 Å².